The maximum atomic E-state index is 12.8. The van der Waals surface area contributed by atoms with E-state index in [9.17, 15) is 19.2 Å². The van der Waals surface area contributed by atoms with Crippen molar-refractivity contribution in [2.24, 2.45) is 11.7 Å². The van der Waals surface area contributed by atoms with Crippen molar-refractivity contribution < 1.29 is 19.2 Å². The van der Waals surface area contributed by atoms with Gasteiger partial charge < -0.3 is 10.6 Å². The van der Waals surface area contributed by atoms with Crippen LogP contribution in [-0.4, -0.2) is 53.2 Å². The normalized spacial score (nSPS) is 32.7. The summed E-state index contributed by atoms with van der Waals surface area (Å²) in [6.07, 6.45) is 1.31. The topological polar surface area (TPSA) is 113 Å². The Balaban J connectivity index is 1.44. The number of anilines is 1. The van der Waals surface area contributed by atoms with E-state index in [1.54, 1.807) is 12.1 Å². The van der Waals surface area contributed by atoms with E-state index < -0.39 is 23.8 Å². The summed E-state index contributed by atoms with van der Waals surface area (Å²) in [4.78, 5) is 52.1. The van der Waals surface area contributed by atoms with E-state index in [1.807, 2.05) is 6.07 Å². The second-order valence-electron chi connectivity index (χ2n) is 7.69. The van der Waals surface area contributed by atoms with Crippen molar-refractivity contribution in [3.8, 4) is 0 Å². The fourth-order valence-corrected chi connectivity index (χ4v) is 4.38. The monoisotopic (exact) mass is 354 g/mol. The van der Waals surface area contributed by atoms with Gasteiger partial charge in [0.1, 0.15) is 6.04 Å². The smallest absolute Gasteiger partial charge is 0.262 e. The lowest BCUT2D eigenvalue weighted by Crippen LogP contribution is -2.54. The number of nitrogens with one attached hydrogen (secondary N) is 1. The predicted octanol–water partition coefficient (Wildman–Crippen LogP) is -0.375. The Bertz CT molecular complexity index is 897. The highest BCUT2D eigenvalue weighted by Gasteiger charge is 2.57. The number of hydrogen-bond acceptors (Lipinski definition) is 6. The molecule has 1 aromatic rings. The summed E-state index contributed by atoms with van der Waals surface area (Å²) in [6, 6.07) is 4.25. The SMILES string of the molecule is N[C@]12C[C@H]1CN(c1ccc3c(c1)C(=O)N(C1CCC(=O)NC1=O)C3=O)C2. The Morgan fingerprint density at radius 1 is 1.12 bits per heavy atom. The molecule has 0 radical (unpaired) electrons. The number of nitrogens with zero attached hydrogens (tertiary/aromatic N) is 2. The molecule has 1 saturated carbocycles. The lowest BCUT2D eigenvalue weighted by Gasteiger charge is -2.27. The van der Waals surface area contributed by atoms with Crippen LogP contribution in [0.1, 0.15) is 40.0 Å². The van der Waals surface area contributed by atoms with E-state index in [0.717, 1.165) is 30.1 Å². The summed E-state index contributed by atoms with van der Waals surface area (Å²) in [6.45, 7) is 1.60. The van der Waals surface area contributed by atoms with Crippen molar-refractivity contribution in [1.29, 1.82) is 0 Å². The van der Waals surface area contributed by atoms with E-state index in [0.29, 0.717) is 17.0 Å². The molecule has 3 aliphatic heterocycles. The van der Waals surface area contributed by atoms with E-state index >= 15 is 0 Å². The Kier molecular flexibility index (Phi) is 2.93. The van der Waals surface area contributed by atoms with Crippen LogP contribution in [0.15, 0.2) is 18.2 Å². The van der Waals surface area contributed by atoms with Gasteiger partial charge in [-0.15, -0.1) is 0 Å². The first-order valence-electron chi connectivity index (χ1n) is 8.77. The highest BCUT2D eigenvalue weighted by molar-refractivity contribution is 6.23. The number of imide groups is 2. The minimum atomic E-state index is -0.935. The van der Waals surface area contributed by atoms with Gasteiger partial charge in [0.25, 0.3) is 11.8 Å². The van der Waals surface area contributed by atoms with Crippen LogP contribution in [0.2, 0.25) is 0 Å². The average molecular weight is 354 g/mol. The van der Waals surface area contributed by atoms with Gasteiger partial charge in [-0.1, -0.05) is 0 Å². The highest BCUT2D eigenvalue weighted by atomic mass is 16.2. The van der Waals surface area contributed by atoms with Gasteiger partial charge in [0.05, 0.1) is 11.1 Å². The summed E-state index contributed by atoms with van der Waals surface area (Å²) in [5.74, 6) is -1.44. The van der Waals surface area contributed by atoms with E-state index in [4.69, 9.17) is 5.73 Å². The van der Waals surface area contributed by atoms with Gasteiger partial charge in [0.15, 0.2) is 0 Å². The van der Waals surface area contributed by atoms with Crippen LogP contribution in [0.25, 0.3) is 0 Å². The molecule has 2 saturated heterocycles. The fourth-order valence-electron chi connectivity index (χ4n) is 4.38. The molecule has 4 aliphatic rings. The standard InChI is InChI=1S/C18H18N4O4/c19-18-6-9(18)7-21(8-18)10-1-2-11-12(5-10)17(26)22(16(11)25)13-3-4-14(23)20-15(13)24/h1-2,5,9,13H,3-4,6-8,19H2,(H,20,23,24)/t9-,13?,18-/m0/s1. The number of carbonyl (C=O) groups excluding carboxylic acids is 4. The molecule has 1 aromatic carbocycles. The van der Waals surface area contributed by atoms with Gasteiger partial charge in [-0.05, 0) is 37.0 Å². The van der Waals surface area contributed by atoms with Crippen LogP contribution in [0.5, 0.6) is 0 Å². The molecule has 8 nitrogen and oxygen atoms in total. The number of nitrogens with two attached hydrogens (primary N) is 1. The van der Waals surface area contributed by atoms with Crippen molar-refractivity contribution in [2.75, 3.05) is 18.0 Å². The van der Waals surface area contributed by atoms with E-state index in [1.165, 1.54) is 0 Å². The quantitative estimate of drug-likeness (QED) is 0.701. The molecule has 1 aliphatic carbocycles. The van der Waals surface area contributed by atoms with Crippen LogP contribution >= 0.6 is 0 Å². The van der Waals surface area contributed by atoms with Crippen molar-refractivity contribution in [1.82, 2.24) is 10.2 Å². The van der Waals surface area contributed by atoms with Crippen molar-refractivity contribution in [2.45, 2.75) is 30.8 Å². The third-order valence-electron chi connectivity index (χ3n) is 5.99. The second-order valence-corrected chi connectivity index (χ2v) is 7.69. The number of piperidine rings is 2. The molecule has 134 valence electrons. The maximum Gasteiger partial charge on any atom is 0.262 e. The third kappa shape index (κ3) is 2.05. The minimum absolute atomic E-state index is 0.113. The molecule has 0 spiro atoms. The van der Waals surface area contributed by atoms with E-state index in [2.05, 4.69) is 10.2 Å². The van der Waals surface area contributed by atoms with E-state index in [-0.39, 0.29) is 24.3 Å². The fraction of sp³-hybridized carbons (Fsp3) is 0.444. The summed E-state index contributed by atoms with van der Waals surface area (Å²) in [5.41, 5.74) is 7.61. The van der Waals surface area contributed by atoms with Crippen molar-refractivity contribution in [3.05, 3.63) is 29.3 Å². The molecule has 3 N–H and O–H groups in total. The van der Waals surface area contributed by atoms with Crippen LogP contribution in [0, 0.1) is 5.92 Å². The third-order valence-corrected chi connectivity index (χ3v) is 5.99. The number of rotatable bonds is 2. The summed E-state index contributed by atoms with van der Waals surface area (Å²) < 4.78 is 0. The zero-order valence-electron chi connectivity index (χ0n) is 14.0. The van der Waals surface area contributed by atoms with Gasteiger partial charge in [-0.2, -0.15) is 0 Å². The average Bonchev–Trinajstić information content (AvgIpc) is 3.01. The first-order chi connectivity index (χ1) is 12.4. The lowest BCUT2D eigenvalue weighted by molar-refractivity contribution is -0.136. The molecule has 5 rings (SSSR count). The predicted molar refractivity (Wildman–Crippen MR) is 90.4 cm³/mol. The molecule has 1 unspecified atom stereocenters. The highest BCUT2D eigenvalue weighted by Crippen LogP contribution is 2.48. The summed E-state index contributed by atoms with van der Waals surface area (Å²) >= 11 is 0. The molecule has 0 aromatic heterocycles. The number of amides is 4. The minimum Gasteiger partial charge on any atom is -0.369 e. The Morgan fingerprint density at radius 3 is 2.58 bits per heavy atom. The van der Waals surface area contributed by atoms with Gasteiger partial charge in [-0.3, -0.25) is 29.4 Å². The molecule has 3 atom stereocenters. The van der Waals surface area contributed by atoms with Crippen molar-refractivity contribution in [3.63, 3.8) is 0 Å². The summed E-state index contributed by atoms with van der Waals surface area (Å²) in [7, 11) is 0. The molecule has 26 heavy (non-hydrogen) atoms. The van der Waals surface area contributed by atoms with Gasteiger partial charge in [-0.25, -0.2) is 0 Å². The van der Waals surface area contributed by atoms with Crippen LogP contribution in [-0.2, 0) is 9.59 Å². The Morgan fingerprint density at radius 2 is 1.88 bits per heavy atom. The molecule has 3 heterocycles. The molecular weight excluding hydrogens is 336 g/mol. The molecule has 3 fully saturated rings. The number of hydrogen-bond donors (Lipinski definition) is 2. The Hall–Kier alpha value is -2.74. The maximum absolute atomic E-state index is 12.8. The van der Waals surface area contributed by atoms with Crippen molar-refractivity contribution >= 4 is 29.3 Å². The molecule has 0 bridgehead atoms. The first kappa shape index (κ1) is 15.5. The zero-order valence-corrected chi connectivity index (χ0v) is 14.0. The number of carbonyl (C=O) groups is 4. The van der Waals surface area contributed by atoms with Gasteiger partial charge in [0, 0.05) is 30.7 Å². The Labute approximate surface area is 149 Å². The van der Waals surface area contributed by atoms with Gasteiger partial charge >= 0.3 is 0 Å². The first-order valence-corrected chi connectivity index (χ1v) is 8.77. The lowest BCUT2D eigenvalue weighted by atomic mass is 10.0. The number of benzene rings is 1. The zero-order chi connectivity index (χ0) is 18.2. The second kappa shape index (κ2) is 4.91. The van der Waals surface area contributed by atoms with Crippen LogP contribution < -0.4 is 16.0 Å². The molecule has 4 amide bonds. The van der Waals surface area contributed by atoms with Crippen LogP contribution in [0.3, 0.4) is 0 Å². The summed E-state index contributed by atoms with van der Waals surface area (Å²) in [5, 5.41) is 2.20. The molecular formula is C18H18N4O4. The molecule has 8 heteroatoms. The largest absolute Gasteiger partial charge is 0.369 e. The number of fused-ring (bicyclic) bond motifs is 2. The van der Waals surface area contributed by atoms with Crippen LogP contribution in [0.4, 0.5) is 5.69 Å². The van der Waals surface area contributed by atoms with Gasteiger partial charge in [0.2, 0.25) is 11.8 Å².